The molecule has 0 spiro atoms. The van der Waals surface area contributed by atoms with Crippen molar-refractivity contribution < 1.29 is 18.5 Å². The smallest absolute Gasteiger partial charge is 0.296 e. The first-order chi connectivity index (χ1) is 9.11. The normalized spacial score (nSPS) is 11.2. The lowest BCUT2D eigenvalue weighted by molar-refractivity contribution is -0.384. The molecule has 2 N–H and O–H groups in total. The quantitative estimate of drug-likeness (QED) is 0.656. The van der Waals surface area contributed by atoms with E-state index in [1.165, 1.54) is 0 Å². The average Bonchev–Trinajstić information content (AvgIpc) is 2.31. The molecule has 0 heterocycles. The molecule has 0 atom stereocenters. The van der Waals surface area contributed by atoms with Gasteiger partial charge in [-0.05, 0) is 26.8 Å². The minimum absolute atomic E-state index is 0.184. The molecule has 1 aromatic rings. The van der Waals surface area contributed by atoms with E-state index < -0.39 is 33.8 Å². The van der Waals surface area contributed by atoms with Gasteiger partial charge in [0.05, 0.1) is 11.5 Å². The number of nitrogens with one attached hydrogen (secondary N) is 2. The van der Waals surface area contributed by atoms with Crippen LogP contribution in [0.15, 0.2) is 12.1 Å². The fourth-order valence-corrected chi connectivity index (χ4v) is 1.34. The van der Waals surface area contributed by atoms with E-state index in [-0.39, 0.29) is 12.1 Å². The van der Waals surface area contributed by atoms with E-state index in [1.54, 1.807) is 0 Å². The largest absolute Gasteiger partial charge is 0.317 e. The summed E-state index contributed by atoms with van der Waals surface area (Å²) in [4.78, 5) is 21.5. The summed E-state index contributed by atoms with van der Waals surface area (Å²) in [6.07, 6.45) is 0. The maximum absolute atomic E-state index is 13.5. The van der Waals surface area contributed by atoms with E-state index in [1.807, 2.05) is 26.1 Å². The molecule has 0 radical (unpaired) electrons. The van der Waals surface area contributed by atoms with Crippen LogP contribution in [0.25, 0.3) is 0 Å². The summed E-state index contributed by atoms with van der Waals surface area (Å²) < 4.78 is 26.6. The number of rotatable bonds is 4. The second-order valence-corrected chi connectivity index (χ2v) is 5.16. The third-order valence-corrected chi connectivity index (χ3v) is 2.31. The number of anilines is 1. The van der Waals surface area contributed by atoms with Gasteiger partial charge in [-0.3, -0.25) is 14.9 Å². The number of amides is 1. The Labute approximate surface area is 114 Å². The van der Waals surface area contributed by atoms with Crippen LogP contribution in [0.3, 0.4) is 0 Å². The van der Waals surface area contributed by atoms with E-state index in [2.05, 4.69) is 5.32 Å². The zero-order chi connectivity index (χ0) is 15.5. The Bertz CT molecular complexity index is 541. The Morgan fingerprint density at radius 1 is 1.35 bits per heavy atom. The number of carbonyl (C=O) groups is 1. The van der Waals surface area contributed by atoms with Crippen LogP contribution in [-0.4, -0.2) is 22.9 Å². The highest BCUT2D eigenvalue weighted by Crippen LogP contribution is 2.28. The van der Waals surface area contributed by atoms with E-state index in [0.717, 1.165) is 6.07 Å². The third-order valence-electron chi connectivity index (χ3n) is 2.31. The molecule has 0 aliphatic carbocycles. The third kappa shape index (κ3) is 4.23. The molecule has 8 heteroatoms. The second-order valence-electron chi connectivity index (χ2n) is 5.16. The SMILES string of the molecule is CC(C)(C)NCC(=O)Nc1c([N+](=O)[O-])ccc(F)c1F. The van der Waals surface area contributed by atoms with Crippen LogP contribution in [0, 0.1) is 21.7 Å². The molecule has 0 unspecified atom stereocenters. The molecule has 0 fully saturated rings. The van der Waals surface area contributed by atoms with Crippen molar-refractivity contribution in [2.24, 2.45) is 0 Å². The number of hydrogen-bond donors (Lipinski definition) is 2. The number of hydrogen-bond acceptors (Lipinski definition) is 4. The van der Waals surface area contributed by atoms with Crippen molar-refractivity contribution in [3.05, 3.63) is 33.9 Å². The lowest BCUT2D eigenvalue weighted by atomic mass is 10.1. The fourth-order valence-electron chi connectivity index (χ4n) is 1.34. The van der Waals surface area contributed by atoms with Crippen LogP contribution in [0.1, 0.15) is 20.8 Å². The number of benzene rings is 1. The van der Waals surface area contributed by atoms with E-state index in [4.69, 9.17) is 0 Å². The number of nitrogens with zero attached hydrogens (tertiary/aromatic N) is 1. The fraction of sp³-hybridized carbons (Fsp3) is 0.417. The van der Waals surface area contributed by atoms with E-state index >= 15 is 0 Å². The maximum Gasteiger partial charge on any atom is 0.296 e. The Morgan fingerprint density at radius 2 is 1.95 bits per heavy atom. The van der Waals surface area contributed by atoms with Crippen molar-refractivity contribution in [3.8, 4) is 0 Å². The minimum Gasteiger partial charge on any atom is -0.317 e. The summed E-state index contributed by atoms with van der Waals surface area (Å²) in [5.41, 5.74) is -1.83. The summed E-state index contributed by atoms with van der Waals surface area (Å²) in [6, 6.07) is 1.43. The highest BCUT2D eigenvalue weighted by molar-refractivity contribution is 5.94. The van der Waals surface area contributed by atoms with E-state index in [0.29, 0.717) is 6.07 Å². The molecule has 0 bridgehead atoms. The van der Waals surface area contributed by atoms with Gasteiger partial charge in [-0.15, -0.1) is 0 Å². The number of carbonyl (C=O) groups excluding carboxylic acids is 1. The molecule has 0 saturated heterocycles. The molecule has 1 rings (SSSR count). The summed E-state index contributed by atoms with van der Waals surface area (Å²) in [6.45, 7) is 5.25. The van der Waals surface area contributed by atoms with Crippen molar-refractivity contribution in [2.75, 3.05) is 11.9 Å². The van der Waals surface area contributed by atoms with Gasteiger partial charge in [-0.25, -0.2) is 8.78 Å². The van der Waals surface area contributed by atoms with Crippen LogP contribution >= 0.6 is 0 Å². The van der Waals surface area contributed by atoms with Crippen molar-refractivity contribution >= 4 is 17.3 Å². The number of nitro benzene ring substituents is 1. The van der Waals surface area contributed by atoms with Crippen LogP contribution in [0.5, 0.6) is 0 Å². The Hall–Kier alpha value is -2.09. The molecule has 20 heavy (non-hydrogen) atoms. The van der Waals surface area contributed by atoms with Gasteiger partial charge in [0.1, 0.15) is 0 Å². The van der Waals surface area contributed by atoms with Gasteiger partial charge in [0.2, 0.25) is 5.91 Å². The Morgan fingerprint density at radius 3 is 2.45 bits per heavy atom. The standard InChI is InChI=1S/C12H15F2N3O3/c1-12(2,3)15-6-9(18)16-11-8(17(19)20)5-4-7(13)10(11)14/h4-5,15H,6H2,1-3H3,(H,16,18). The average molecular weight is 287 g/mol. The highest BCUT2D eigenvalue weighted by Gasteiger charge is 2.23. The van der Waals surface area contributed by atoms with Crippen LogP contribution < -0.4 is 10.6 Å². The Kier molecular flexibility index (Phi) is 4.72. The van der Waals surface area contributed by atoms with Gasteiger partial charge in [-0.2, -0.15) is 0 Å². The number of nitro groups is 1. The van der Waals surface area contributed by atoms with Crippen molar-refractivity contribution in [1.82, 2.24) is 5.32 Å². The predicted molar refractivity (Wildman–Crippen MR) is 69.4 cm³/mol. The van der Waals surface area contributed by atoms with Crippen molar-refractivity contribution in [2.45, 2.75) is 26.3 Å². The molecule has 110 valence electrons. The second kappa shape index (κ2) is 5.91. The first-order valence-corrected chi connectivity index (χ1v) is 5.79. The monoisotopic (exact) mass is 287 g/mol. The lowest BCUT2D eigenvalue weighted by Crippen LogP contribution is -2.41. The molecular formula is C12H15F2N3O3. The zero-order valence-corrected chi connectivity index (χ0v) is 11.3. The minimum atomic E-state index is -1.46. The van der Waals surface area contributed by atoms with Gasteiger partial charge >= 0.3 is 0 Å². The first kappa shape index (κ1) is 16.0. The van der Waals surface area contributed by atoms with Gasteiger partial charge in [0.25, 0.3) is 5.69 Å². The van der Waals surface area contributed by atoms with E-state index in [9.17, 15) is 23.7 Å². The topological polar surface area (TPSA) is 84.3 Å². The summed E-state index contributed by atoms with van der Waals surface area (Å²) in [7, 11) is 0. The van der Waals surface area contributed by atoms with Crippen molar-refractivity contribution in [3.63, 3.8) is 0 Å². The molecule has 1 aromatic carbocycles. The summed E-state index contributed by atoms with van der Waals surface area (Å²) in [5, 5.41) is 15.6. The van der Waals surface area contributed by atoms with Gasteiger partial charge in [0.15, 0.2) is 17.3 Å². The molecule has 0 aliphatic rings. The first-order valence-electron chi connectivity index (χ1n) is 5.79. The zero-order valence-electron chi connectivity index (χ0n) is 11.3. The molecule has 0 aromatic heterocycles. The molecule has 6 nitrogen and oxygen atoms in total. The summed E-state index contributed by atoms with van der Waals surface area (Å²) >= 11 is 0. The van der Waals surface area contributed by atoms with Gasteiger partial charge < -0.3 is 10.6 Å². The van der Waals surface area contributed by atoms with Gasteiger partial charge in [-0.1, -0.05) is 0 Å². The Balaban J connectivity index is 2.94. The molecule has 0 aliphatic heterocycles. The van der Waals surface area contributed by atoms with Crippen molar-refractivity contribution in [1.29, 1.82) is 0 Å². The van der Waals surface area contributed by atoms with Crippen LogP contribution in [0.4, 0.5) is 20.2 Å². The maximum atomic E-state index is 13.5. The lowest BCUT2D eigenvalue weighted by Gasteiger charge is -2.20. The summed E-state index contributed by atoms with van der Waals surface area (Å²) in [5.74, 6) is -3.43. The molecule has 0 saturated carbocycles. The van der Waals surface area contributed by atoms with Gasteiger partial charge in [0, 0.05) is 11.6 Å². The molecular weight excluding hydrogens is 272 g/mol. The van der Waals surface area contributed by atoms with Crippen LogP contribution in [-0.2, 0) is 4.79 Å². The highest BCUT2D eigenvalue weighted by atomic mass is 19.2. The number of halogens is 2. The predicted octanol–water partition coefficient (Wildman–Crippen LogP) is 2.20. The van der Waals surface area contributed by atoms with Crippen LogP contribution in [0.2, 0.25) is 0 Å². The molecule has 1 amide bonds.